The molecule has 0 radical (unpaired) electrons. The Kier molecular flexibility index (Phi) is 13.3. The lowest BCUT2D eigenvalue weighted by Crippen LogP contribution is -2.46. The molecule has 0 bridgehead atoms. The van der Waals surface area contributed by atoms with Crippen molar-refractivity contribution in [3.8, 4) is 23.7 Å². The Labute approximate surface area is 301 Å². The molecule has 0 aromatic heterocycles. The fourth-order valence-corrected chi connectivity index (χ4v) is 5.34. The van der Waals surface area contributed by atoms with Crippen LogP contribution in [0.25, 0.3) is 0 Å². The molecule has 52 heavy (non-hydrogen) atoms. The minimum atomic E-state index is -1.40. The van der Waals surface area contributed by atoms with E-state index in [1.807, 2.05) is 0 Å². The predicted octanol–water partition coefficient (Wildman–Crippen LogP) is 5.97. The highest BCUT2D eigenvalue weighted by Crippen LogP contribution is 2.24. The number of carbonyl (C=O) groups excluding carboxylic acids is 2. The molecule has 2 aliphatic rings. The summed E-state index contributed by atoms with van der Waals surface area (Å²) in [5.74, 6) is 9.98. The SMILES string of the molecule is O=C(NCC1(F)CCOCC1)c1ccc(C#Cc2ccccc2F)cc1.O=C(NCC1(O)CCOCC1)c1ccc(C#Cc2ccccc2F)cc1. The first-order chi connectivity index (χ1) is 25.1. The van der Waals surface area contributed by atoms with Crippen molar-refractivity contribution in [2.75, 3.05) is 39.5 Å². The van der Waals surface area contributed by atoms with Gasteiger partial charge in [0.25, 0.3) is 11.8 Å². The molecule has 2 aliphatic heterocycles. The average Bonchev–Trinajstić information content (AvgIpc) is 3.17. The molecule has 0 aliphatic carbocycles. The molecule has 4 aromatic carbocycles. The number of hydrogen-bond donors (Lipinski definition) is 3. The summed E-state index contributed by atoms with van der Waals surface area (Å²) < 4.78 is 51.9. The highest BCUT2D eigenvalue weighted by atomic mass is 19.1. The summed E-state index contributed by atoms with van der Waals surface area (Å²) in [6.07, 6.45) is 1.60. The smallest absolute Gasteiger partial charge is 0.251 e. The normalized spacial score (nSPS) is 15.6. The second-order valence-corrected chi connectivity index (χ2v) is 12.6. The maximum Gasteiger partial charge on any atom is 0.251 e. The second-order valence-electron chi connectivity index (χ2n) is 12.6. The fraction of sp³-hybridized carbons (Fsp3) is 0.286. The van der Waals surface area contributed by atoms with Gasteiger partial charge in [0.15, 0.2) is 0 Å². The molecule has 2 fully saturated rings. The Morgan fingerprint density at radius 2 is 1.00 bits per heavy atom. The Bertz CT molecular complexity index is 1800. The van der Waals surface area contributed by atoms with Crippen LogP contribution in [0.1, 0.15) is 68.7 Å². The molecular weight excluding hydrogens is 669 g/mol. The molecule has 7 nitrogen and oxygen atoms in total. The quantitative estimate of drug-likeness (QED) is 0.215. The third kappa shape index (κ3) is 11.3. The molecule has 2 saturated heterocycles. The van der Waals surface area contributed by atoms with E-state index in [4.69, 9.17) is 9.47 Å². The number of hydrogen-bond acceptors (Lipinski definition) is 5. The molecule has 0 saturated carbocycles. The van der Waals surface area contributed by atoms with Gasteiger partial charge in [-0.15, -0.1) is 0 Å². The van der Waals surface area contributed by atoms with Crippen molar-refractivity contribution in [2.24, 2.45) is 0 Å². The predicted molar refractivity (Wildman–Crippen MR) is 191 cm³/mol. The van der Waals surface area contributed by atoms with Crippen molar-refractivity contribution in [3.05, 3.63) is 142 Å². The number of benzene rings is 4. The first-order valence-corrected chi connectivity index (χ1v) is 17.0. The molecule has 6 rings (SSSR count). The summed E-state index contributed by atoms with van der Waals surface area (Å²) in [5, 5.41) is 15.8. The van der Waals surface area contributed by atoms with Crippen molar-refractivity contribution in [1.29, 1.82) is 0 Å². The minimum absolute atomic E-state index is 0.0238. The first-order valence-electron chi connectivity index (χ1n) is 17.0. The van der Waals surface area contributed by atoms with Gasteiger partial charge in [-0.1, -0.05) is 47.9 Å². The number of carbonyl (C=O) groups is 2. The van der Waals surface area contributed by atoms with Gasteiger partial charge in [-0.3, -0.25) is 9.59 Å². The van der Waals surface area contributed by atoms with Crippen LogP contribution in [0.15, 0.2) is 97.1 Å². The molecule has 4 aromatic rings. The van der Waals surface area contributed by atoms with Gasteiger partial charge in [0.1, 0.15) is 17.3 Å². The molecule has 0 atom stereocenters. The lowest BCUT2D eigenvalue weighted by Gasteiger charge is -2.32. The maximum atomic E-state index is 14.5. The Balaban J connectivity index is 0.000000201. The minimum Gasteiger partial charge on any atom is -0.388 e. The molecule has 268 valence electrons. The van der Waals surface area contributed by atoms with Crippen LogP contribution in [0.4, 0.5) is 13.2 Å². The van der Waals surface area contributed by atoms with Crippen LogP contribution in [0.5, 0.6) is 0 Å². The summed E-state index contributed by atoms with van der Waals surface area (Å²) in [6.45, 7) is 1.93. The Morgan fingerprint density at radius 3 is 1.44 bits per heavy atom. The zero-order chi connectivity index (χ0) is 36.8. The van der Waals surface area contributed by atoms with E-state index in [0.29, 0.717) is 72.6 Å². The van der Waals surface area contributed by atoms with Crippen molar-refractivity contribution >= 4 is 11.8 Å². The molecule has 2 heterocycles. The van der Waals surface area contributed by atoms with Gasteiger partial charge in [-0.25, -0.2) is 13.2 Å². The van der Waals surface area contributed by atoms with Crippen LogP contribution in [0, 0.1) is 35.3 Å². The Hall–Kier alpha value is -5.39. The number of amides is 2. The highest BCUT2D eigenvalue weighted by Gasteiger charge is 2.33. The molecule has 2 amide bonds. The summed E-state index contributed by atoms with van der Waals surface area (Å²) in [5.41, 5.74) is 0.606. The van der Waals surface area contributed by atoms with Gasteiger partial charge in [0.05, 0.1) is 23.3 Å². The van der Waals surface area contributed by atoms with E-state index in [9.17, 15) is 27.9 Å². The number of rotatable bonds is 6. The Morgan fingerprint density at radius 1 is 0.596 bits per heavy atom. The van der Waals surface area contributed by atoms with Gasteiger partial charge < -0.3 is 25.2 Å². The van der Waals surface area contributed by atoms with Crippen LogP contribution >= 0.6 is 0 Å². The van der Waals surface area contributed by atoms with Gasteiger partial charge in [0.2, 0.25) is 0 Å². The topological polar surface area (TPSA) is 96.9 Å². The molecular formula is C42H39F3N2O5. The molecule has 10 heteroatoms. The number of halogens is 3. The van der Waals surface area contributed by atoms with Gasteiger partial charge >= 0.3 is 0 Å². The molecule has 0 spiro atoms. The van der Waals surface area contributed by atoms with Gasteiger partial charge in [-0.05, 0) is 72.8 Å². The fourth-order valence-electron chi connectivity index (χ4n) is 5.34. The van der Waals surface area contributed by atoms with E-state index in [2.05, 4.69) is 34.3 Å². The van der Waals surface area contributed by atoms with E-state index in [1.54, 1.807) is 84.9 Å². The number of ether oxygens (including phenoxy) is 2. The highest BCUT2D eigenvalue weighted by molar-refractivity contribution is 5.94. The number of aliphatic hydroxyl groups is 1. The molecule has 0 unspecified atom stereocenters. The van der Waals surface area contributed by atoms with E-state index in [-0.39, 0.29) is 49.4 Å². The first kappa shape index (κ1) is 37.9. The van der Waals surface area contributed by atoms with Crippen molar-refractivity contribution < 1.29 is 37.3 Å². The summed E-state index contributed by atoms with van der Waals surface area (Å²) in [6, 6.07) is 26.0. The number of alkyl halides is 1. The van der Waals surface area contributed by atoms with Crippen molar-refractivity contribution in [1.82, 2.24) is 10.6 Å². The maximum absolute atomic E-state index is 14.5. The summed E-state index contributed by atoms with van der Waals surface area (Å²) >= 11 is 0. The third-order valence-electron chi connectivity index (χ3n) is 8.68. The van der Waals surface area contributed by atoms with Crippen LogP contribution in [0.2, 0.25) is 0 Å². The van der Waals surface area contributed by atoms with Crippen LogP contribution < -0.4 is 10.6 Å². The van der Waals surface area contributed by atoms with Gasteiger partial charge in [-0.2, -0.15) is 0 Å². The van der Waals surface area contributed by atoms with Crippen LogP contribution in [-0.4, -0.2) is 67.7 Å². The van der Waals surface area contributed by atoms with E-state index in [1.165, 1.54) is 12.1 Å². The largest absolute Gasteiger partial charge is 0.388 e. The van der Waals surface area contributed by atoms with E-state index in [0.717, 1.165) is 0 Å². The van der Waals surface area contributed by atoms with Crippen molar-refractivity contribution in [3.63, 3.8) is 0 Å². The monoisotopic (exact) mass is 708 g/mol. The molecule has 3 N–H and O–H groups in total. The van der Waals surface area contributed by atoms with Crippen LogP contribution in [0.3, 0.4) is 0 Å². The number of nitrogens with one attached hydrogen (secondary N) is 2. The average molecular weight is 709 g/mol. The zero-order valence-corrected chi connectivity index (χ0v) is 28.5. The van der Waals surface area contributed by atoms with E-state index >= 15 is 0 Å². The zero-order valence-electron chi connectivity index (χ0n) is 28.5. The van der Waals surface area contributed by atoms with Gasteiger partial charge in [0, 0.05) is 80.9 Å². The lowest BCUT2D eigenvalue weighted by atomic mass is 9.94. The van der Waals surface area contributed by atoms with Crippen LogP contribution in [-0.2, 0) is 9.47 Å². The lowest BCUT2D eigenvalue weighted by molar-refractivity contribution is -0.0605. The summed E-state index contributed by atoms with van der Waals surface area (Å²) in [7, 11) is 0. The second kappa shape index (κ2) is 18.2. The third-order valence-corrected chi connectivity index (χ3v) is 8.68. The van der Waals surface area contributed by atoms with Crippen molar-refractivity contribution in [2.45, 2.75) is 37.0 Å². The summed E-state index contributed by atoms with van der Waals surface area (Å²) in [4.78, 5) is 24.4. The standard InChI is InChI=1S/C21H19F2NO2.C21H20FNO3/c22-19-4-2-1-3-17(19)8-5-16-6-9-18(10-7-16)20(25)24-15-21(23)11-13-26-14-12-21;22-19-4-2-1-3-17(19)8-5-16-6-9-18(10-7-16)20(24)23-15-21(25)11-13-26-14-12-21/h1-4,6-7,9-10H,11-15H2,(H,24,25);1-4,6-7,9-10,25H,11-15H2,(H,23,24). The van der Waals surface area contributed by atoms with E-state index < -0.39 is 11.3 Å².